The molecule has 19 heteroatoms. The second kappa shape index (κ2) is 13.1. The first-order valence-corrected chi connectivity index (χ1v) is 15.3. The molecule has 4 heterocycles. The van der Waals surface area contributed by atoms with Crippen LogP contribution < -0.4 is 9.64 Å². The van der Waals surface area contributed by atoms with E-state index in [1.54, 1.807) is 20.8 Å². The van der Waals surface area contributed by atoms with Gasteiger partial charge < -0.3 is 23.8 Å². The Labute approximate surface area is 283 Å². The molecular formula is C31H38F5N7O7. The lowest BCUT2D eigenvalue weighted by molar-refractivity contribution is -0.137. The number of hydrogen-bond acceptors (Lipinski definition) is 11. The Hall–Kier alpha value is -4.84. The van der Waals surface area contributed by atoms with Gasteiger partial charge in [-0.2, -0.15) is 18.1 Å². The van der Waals surface area contributed by atoms with Crippen LogP contribution in [0.4, 0.5) is 42.2 Å². The fraction of sp³-hybridized carbons (Fsp3) is 0.581. The third-order valence-corrected chi connectivity index (χ3v) is 6.57. The lowest BCUT2D eigenvalue weighted by atomic mass is 10.0. The number of carbonyl (C=O) groups excluding carboxylic acids is 3. The van der Waals surface area contributed by atoms with Gasteiger partial charge >= 0.3 is 24.5 Å². The highest BCUT2D eigenvalue weighted by molar-refractivity contribution is 6.14. The number of piperidine rings is 1. The summed E-state index contributed by atoms with van der Waals surface area (Å²) in [6, 6.07) is -0.583. The molecule has 3 aromatic rings. The Morgan fingerprint density at radius 1 is 0.880 bits per heavy atom. The number of alkyl halides is 5. The maximum atomic E-state index is 15.9. The number of likely N-dealkylation sites (tertiary alicyclic amines) is 1. The van der Waals surface area contributed by atoms with E-state index in [1.807, 2.05) is 0 Å². The van der Waals surface area contributed by atoms with Crippen LogP contribution in [0.15, 0.2) is 24.7 Å². The van der Waals surface area contributed by atoms with E-state index in [4.69, 9.17) is 18.9 Å². The van der Waals surface area contributed by atoms with Crippen molar-refractivity contribution in [3.05, 3.63) is 30.2 Å². The number of ether oxygens (including phenoxy) is 4. The predicted octanol–water partition coefficient (Wildman–Crippen LogP) is 7.53. The van der Waals surface area contributed by atoms with Crippen LogP contribution in [0.1, 0.15) is 80.3 Å². The topological polar surface area (TPSA) is 151 Å². The van der Waals surface area contributed by atoms with Crippen LogP contribution in [0.3, 0.4) is 0 Å². The van der Waals surface area contributed by atoms with Crippen LogP contribution in [0, 0.1) is 0 Å². The maximum Gasteiger partial charge on any atom is 0.425 e. The fourth-order valence-corrected chi connectivity index (χ4v) is 4.70. The molecular weight excluding hydrogens is 677 g/mol. The Morgan fingerprint density at radius 2 is 1.46 bits per heavy atom. The molecule has 3 aromatic heterocycles. The molecule has 1 aliphatic rings. The first kappa shape index (κ1) is 38.0. The standard InChI is InChI=1S/C31H38F5N7O7/c1-27(2,3)48-24(44)41-13-11-18(30(32,33)15-41)43-22-20(23(40-43)47-19-14-17(10-12-37-19)31(34,35)36)21(38-16-39-22)42(25(45)49-28(4,5)6)26(46)50-29(7,8)9/h10,12,14,16,18H,11,13,15H2,1-9H3/t18-/m0/s1. The van der Waals surface area contributed by atoms with E-state index in [1.165, 1.54) is 41.5 Å². The number of fused-ring (bicyclic) bond motifs is 1. The summed E-state index contributed by atoms with van der Waals surface area (Å²) in [7, 11) is 0. The summed E-state index contributed by atoms with van der Waals surface area (Å²) < 4.78 is 95.0. The van der Waals surface area contributed by atoms with Gasteiger partial charge in [0.15, 0.2) is 11.5 Å². The van der Waals surface area contributed by atoms with Gasteiger partial charge in [0.25, 0.3) is 11.8 Å². The van der Waals surface area contributed by atoms with Crippen LogP contribution in [-0.4, -0.2) is 83.7 Å². The van der Waals surface area contributed by atoms with Crippen LogP contribution in [0.25, 0.3) is 11.0 Å². The minimum atomic E-state index is -4.80. The van der Waals surface area contributed by atoms with Crippen molar-refractivity contribution in [1.82, 2.24) is 29.6 Å². The molecule has 3 amide bonds. The Kier molecular flexibility index (Phi) is 9.97. The highest BCUT2D eigenvalue weighted by atomic mass is 19.4. The molecule has 0 spiro atoms. The van der Waals surface area contributed by atoms with Crippen molar-refractivity contribution in [3.63, 3.8) is 0 Å². The highest BCUT2D eigenvalue weighted by Gasteiger charge is 2.50. The number of nitrogens with zero attached hydrogens (tertiary/aromatic N) is 7. The van der Waals surface area contributed by atoms with Crippen molar-refractivity contribution in [1.29, 1.82) is 0 Å². The van der Waals surface area contributed by atoms with Crippen molar-refractivity contribution >= 4 is 35.1 Å². The molecule has 1 aliphatic heterocycles. The summed E-state index contributed by atoms with van der Waals surface area (Å²) in [5.41, 5.74) is -4.80. The summed E-state index contributed by atoms with van der Waals surface area (Å²) in [5.74, 6) is -5.61. The van der Waals surface area contributed by atoms with Gasteiger partial charge in [-0.1, -0.05) is 0 Å². The molecule has 50 heavy (non-hydrogen) atoms. The van der Waals surface area contributed by atoms with Crippen LogP contribution in [0.5, 0.6) is 11.8 Å². The van der Waals surface area contributed by atoms with E-state index in [2.05, 4.69) is 20.1 Å². The third kappa shape index (κ3) is 9.03. The van der Waals surface area contributed by atoms with Crippen molar-refractivity contribution in [3.8, 4) is 11.8 Å². The minimum absolute atomic E-state index is 0.207. The van der Waals surface area contributed by atoms with Gasteiger partial charge in [0.05, 0.1) is 12.1 Å². The van der Waals surface area contributed by atoms with E-state index < -0.39 is 100 Å². The molecule has 1 fully saturated rings. The average molecular weight is 716 g/mol. The SMILES string of the molecule is CC(C)(C)OC(=O)N1CC[C@H](n2nc(Oc3cc(C(F)(F)F)ccn3)c3c(N(C(=O)OC(C)(C)C)C(=O)OC(C)(C)C)ncnc32)C(F)(F)C1. The molecule has 0 aromatic carbocycles. The molecule has 0 N–H and O–H groups in total. The second-order valence-electron chi connectivity index (χ2n) is 14.4. The monoisotopic (exact) mass is 715 g/mol. The molecule has 0 saturated carbocycles. The number of aromatic nitrogens is 5. The zero-order valence-corrected chi connectivity index (χ0v) is 28.9. The van der Waals surface area contributed by atoms with E-state index in [-0.39, 0.29) is 6.54 Å². The van der Waals surface area contributed by atoms with E-state index in [0.717, 1.165) is 22.1 Å². The normalized spacial score (nSPS) is 16.9. The molecule has 4 rings (SSSR count). The van der Waals surface area contributed by atoms with Gasteiger partial charge in [0.1, 0.15) is 34.6 Å². The van der Waals surface area contributed by atoms with Gasteiger partial charge in [-0.25, -0.2) is 42.8 Å². The van der Waals surface area contributed by atoms with Crippen molar-refractivity contribution in [2.45, 2.75) is 104 Å². The van der Waals surface area contributed by atoms with Gasteiger partial charge in [-0.05, 0) is 74.8 Å². The van der Waals surface area contributed by atoms with Crippen molar-refractivity contribution in [2.75, 3.05) is 18.0 Å². The summed E-state index contributed by atoms with van der Waals surface area (Å²) >= 11 is 0. The first-order chi connectivity index (χ1) is 22.8. The zero-order chi connectivity index (χ0) is 37.6. The number of imide groups is 1. The number of amides is 3. The number of anilines is 1. The minimum Gasteiger partial charge on any atom is -0.444 e. The molecule has 0 radical (unpaired) electrons. The van der Waals surface area contributed by atoms with Crippen LogP contribution in [-0.2, 0) is 20.4 Å². The number of hydrogen-bond donors (Lipinski definition) is 0. The molecule has 1 atom stereocenters. The smallest absolute Gasteiger partial charge is 0.425 e. The van der Waals surface area contributed by atoms with Gasteiger partial charge in [-0.3, -0.25) is 0 Å². The van der Waals surface area contributed by atoms with Crippen molar-refractivity contribution in [2.24, 2.45) is 0 Å². The summed E-state index contributed by atoms with van der Waals surface area (Å²) in [5, 5.41) is 3.72. The lowest BCUT2D eigenvalue weighted by Gasteiger charge is -2.38. The largest absolute Gasteiger partial charge is 0.444 e. The molecule has 0 unspecified atom stereocenters. The van der Waals surface area contributed by atoms with Crippen LogP contribution in [0.2, 0.25) is 0 Å². The Balaban J connectivity index is 1.92. The number of carbonyl (C=O) groups is 3. The maximum absolute atomic E-state index is 15.9. The van der Waals surface area contributed by atoms with Crippen molar-refractivity contribution < 1.29 is 55.3 Å². The summed E-state index contributed by atoms with van der Waals surface area (Å²) in [4.78, 5) is 52.9. The average Bonchev–Trinajstić information content (AvgIpc) is 3.27. The second-order valence-corrected chi connectivity index (χ2v) is 14.4. The molecule has 1 saturated heterocycles. The molecule has 14 nitrogen and oxygen atoms in total. The van der Waals surface area contributed by atoms with Gasteiger partial charge in [0, 0.05) is 18.8 Å². The summed E-state index contributed by atoms with van der Waals surface area (Å²) in [6.45, 7) is 12.6. The molecule has 0 bridgehead atoms. The van der Waals surface area contributed by atoms with Gasteiger partial charge in [0.2, 0.25) is 5.88 Å². The third-order valence-electron chi connectivity index (χ3n) is 6.57. The van der Waals surface area contributed by atoms with E-state index >= 15 is 8.78 Å². The van der Waals surface area contributed by atoms with E-state index in [9.17, 15) is 27.6 Å². The fourth-order valence-electron chi connectivity index (χ4n) is 4.70. The number of halogens is 5. The van der Waals surface area contributed by atoms with Gasteiger partial charge in [-0.15, -0.1) is 5.10 Å². The highest BCUT2D eigenvalue weighted by Crippen LogP contribution is 2.43. The summed E-state index contributed by atoms with van der Waals surface area (Å²) in [6.07, 6.45) is -7.08. The quantitative estimate of drug-likeness (QED) is 0.195. The first-order valence-electron chi connectivity index (χ1n) is 15.3. The molecule has 0 aliphatic carbocycles. The lowest BCUT2D eigenvalue weighted by Crippen LogP contribution is -2.52. The van der Waals surface area contributed by atoms with Crippen LogP contribution >= 0.6 is 0 Å². The Morgan fingerprint density at radius 3 is 1.98 bits per heavy atom. The predicted molar refractivity (Wildman–Crippen MR) is 166 cm³/mol. The number of rotatable bonds is 4. The molecule has 274 valence electrons. The number of pyridine rings is 1. The zero-order valence-electron chi connectivity index (χ0n) is 28.9. The Bertz CT molecular complexity index is 1730. The van der Waals surface area contributed by atoms with E-state index in [0.29, 0.717) is 17.0 Å².